The zero-order valence-electron chi connectivity index (χ0n) is 8.04. The molecule has 13 heavy (non-hydrogen) atoms. The Hall–Kier alpha value is -0.381. The van der Waals surface area contributed by atoms with Gasteiger partial charge in [0.05, 0.1) is 0 Å². The summed E-state index contributed by atoms with van der Waals surface area (Å²) in [6.45, 7) is 4.34. The Morgan fingerprint density at radius 1 is 1.00 bits per heavy atom. The SMILES string of the molecule is C[CH2][Sn]1([CH2]C)[O]c2ccccc2[O]1. The molecule has 0 spiro atoms. The van der Waals surface area contributed by atoms with Crippen LogP contribution in [0.4, 0.5) is 0 Å². The Kier molecular flexibility index (Phi) is 2.40. The molecule has 1 aliphatic heterocycles. The van der Waals surface area contributed by atoms with Gasteiger partial charge in [0.25, 0.3) is 0 Å². The summed E-state index contributed by atoms with van der Waals surface area (Å²) in [5.41, 5.74) is 0. The summed E-state index contributed by atoms with van der Waals surface area (Å²) in [5.74, 6) is 1.92. The van der Waals surface area contributed by atoms with Crippen molar-refractivity contribution < 1.29 is 6.15 Å². The van der Waals surface area contributed by atoms with Gasteiger partial charge < -0.3 is 0 Å². The third-order valence-corrected chi connectivity index (χ3v) is 12.0. The van der Waals surface area contributed by atoms with Crippen molar-refractivity contribution >= 4 is 19.2 Å². The van der Waals surface area contributed by atoms with Crippen molar-refractivity contribution in [3.8, 4) is 11.5 Å². The van der Waals surface area contributed by atoms with Crippen LogP contribution in [0.1, 0.15) is 13.8 Å². The van der Waals surface area contributed by atoms with E-state index in [2.05, 4.69) is 13.8 Å². The topological polar surface area (TPSA) is 18.5 Å². The fourth-order valence-corrected chi connectivity index (χ4v) is 8.02. The van der Waals surface area contributed by atoms with E-state index >= 15 is 0 Å². The van der Waals surface area contributed by atoms with Crippen LogP contribution in [-0.2, 0) is 0 Å². The molecule has 0 aliphatic carbocycles. The molecule has 2 nitrogen and oxygen atoms in total. The van der Waals surface area contributed by atoms with Crippen LogP contribution in [-0.4, -0.2) is 19.2 Å². The summed E-state index contributed by atoms with van der Waals surface area (Å²) in [6.07, 6.45) is 0. The molecule has 0 unspecified atom stereocenters. The minimum absolute atomic E-state index is 0.960. The van der Waals surface area contributed by atoms with Gasteiger partial charge in [-0.1, -0.05) is 0 Å². The first kappa shape index (κ1) is 9.18. The molecule has 70 valence electrons. The molecular formula is C10H14O2Sn. The van der Waals surface area contributed by atoms with E-state index < -0.39 is 19.2 Å². The maximum absolute atomic E-state index is 5.98. The first-order valence-corrected chi connectivity index (χ1v) is 11.1. The first-order valence-electron chi connectivity index (χ1n) is 4.77. The maximum atomic E-state index is 5.98. The molecule has 0 saturated carbocycles. The Balaban J connectivity index is 2.30. The zero-order chi connectivity index (χ0) is 9.31. The number of para-hydroxylation sites is 2. The molecule has 0 amide bonds. The van der Waals surface area contributed by atoms with Gasteiger partial charge in [0, 0.05) is 0 Å². The molecule has 0 aromatic heterocycles. The Labute approximate surface area is 83.8 Å². The number of benzene rings is 1. The van der Waals surface area contributed by atoms with E-state index in [9.17, 15) is 0 Å². The second kappa shape index (κ2) is 3.40. The van der Waals surface area contributed by atoms with E-state index in [-0.39, 0.29) is 0 Å². The number of hydrogen-bond acceptors (Lipinski definition) is 2. The van der Waals surface area contributed by atoms with Crippen molar-refractivity contribution in [3.05, 3.63) is 24.3 Å². The third kappa shape index (κ3) is 1.52. The van der Waals surface area contributed by atoms with Crippen molar-refractivity contribution in [3.63, 3.8) is 0 Å². The van der Waals surface area contributed by atoms with Crippen LogP contribution in [0.5, 0.6) is 11.5 Å². The molecule has 1 aromatic rings. The summed E-state index contributed by atoms with van der Waals surface area (Å²) < 4.78 is 14.1. The summed E-state index contributed by atoms with van der Waals surface area (Å²) in [5, 5.41) is 0. The van der Waals surface area contributed by atoms with Crippen molar-refractivity contribution in [1.82, 2.24) is 0 Å². The van der Waals surface area contributed by atoms with E-state index in [1.54, 1.807) is 0 Å². The Morgan fingerprint density at radius 3 is 1.85 bits per heavy atom. The fourth-order valence-electron chi connectivity index (χ4n) is 1.58. The van der Waals surface area contributed by atoms with Crippen LogP contribution in [0, 0.1) is 0 Å². The summed E-state index contributed by atoms with van der Waals surface area (Å²) in [6, 6.07) is 7.99. The van der Waals surface area contributed by atoms with Gasteiger partial charge in [-0.05, 0) is 0 Å². The van der Waals surface area contributed by atoms with Gasteiger partial charge in [0.1, 0.15) is 0 Å². The molecule has 0 N–H and O–H groups in total. The van der Waals surface area contributed by atoms with Gasteiger partial charge in [0.15, 0.2) is 0 Å². The molecule has 0 atom stereocenters. The molecule has 3 heteroatoms. The zero-order valence-corrected chi connectivity index (χ0v) is 10.9. The number of hydrogen-bond donors (Lipinski definition) is 0. The van der Waals surface area contributed by atoms with E-state index in [0.29, 0.717) is 0 Å². The Morgan fingerprint density at radius 2 is 1.46 bits per heavy atom. The summed E-state index contributed by atoms with van der Waals surface area (Å²) >= 11 is -2.64. The second-order valence-corrected chi connectivity index (χ2v) is 13.7. The van der Waals surface area contributed by atoms with Crippen molar-refractivity contribution in [1.29, 1.82) is 0 Å². The van der Waals surface area contributed by atoms with Crippen LogP contribution < -0.4 is 6.15 Å². The molecule has 0 radical (unpaired) electrons. The molecule has 0 bridgehead atoms. The molecule has 1 aromatic carbocycles. The van der Waals surface area contributed by atoms with E-state index in [0.717, 1.165) is 20.4 Å². The number of fused-ring (bicyclic) bond motifs is 1. The molecule has 0 fully saturated rings. The van der Waals surface area contributed by atoms with Crippen LogP contribution >= 0.6 is 0 Å². The van der Waals surface area contributed by atoms with Gasteiger partial charge in [-0.15, -0.1) is 0 Å². The van der Waals surface area contributed by atoms with E-state index in [1.165, 1.54) is 0 Å². The van der Waals surface area contributed by atoms with Crippen LogP contribution in [0.25, 0.3) is 0 Å². The monoisotopic (exact) mass is 286 g/mol. The number of rotatable bonds is 2. The van der Waals surface area contributed by atoms with Crippen molar-refractivity contribution in [2.45, 2.75) is 22.7 Å². The van der Waals surface area contributed by atoms with Crippen LogP contribution in [0.2, 0.25) is 8.87 Å². The summed E-state index contributed by atoms with van der Waals surface area (Å²) in [4.78, 5) is 0. The van der Waals surface area contributed by atoms with Crippen molar-refractivity contribution in [2.75, 3.05) is 0 Å². The third-order valence-electron chi connectivity index (χ3n) is 2.52. The molecule has 2 rings (SSSR count). The molecule has 1 aliphatic rings. The second-order valence-electron chi connectivity index (χ2n) is 3.27. The van der Waals surface area contributed by atoms with Crippen molar-refractivity contribution in [2.24, 2.45) is 0 Å². The average molecular weight is 285 g/mol. The molecular weight excluding hydrogens is 271 g/mol. The summed E-state index contributed by atoms with van der Waals surface area (Å²) in [7, 11) is 0. The van der Waals surface area contributed by atoms with Gasteiger partial charge >= 0.3 is 83.8 Å². The first-order chi connectivity index (χ1) is 6.29. The van der Waals surface area contributed by atoms with Gasteiger partial charge in [-0.2, -0.15) is 0 Å². The standard InChI is InChI=1S/C6H6O2.2C2H5.Sn/c7-5-3-1-2-4-6(5)8;2*1-2;/h1-4,7-8H;2*1H2,2H3;/q;;;+2/p-2. The predicted octanol–water partition coefficient (Wildman–Crippen LogP) is 2.94. The fraction of sp³-hybridized carbons (Fsp3) is 0.400. The van der Waals surface area contributed by atoms with E-state index in [1.807, 2.05) is 24.3 Å². The molecule has 1 heterocycles. The quantitative estimate of drug-likeness (QED) is 0.778. The predicted molar refractivity (Wildman–Crippen MR) is 54.4 cm³/mol. The van der Waals surface area contributed by atoms with Gasteiger partial charge in [-0.25, -0.2) is 0 Å². The van der Waals surface area contributed by atoms with Crippen LogP contribution in [0.3, 0.4) is 0 Å². The Bertz CT molecular complexity index is 281. The normalized spacial score (nSPS) is 17.4. The molecule has 0 saturated heterocycles. The minimum atomic E-state index is -2.64. The average Bonchev–Trinajstić information content (AvgIpc) is 2.57. The van der Waals surface area contributed by atoms with Crippen LogP contribution in [0.15, 0.2) is 24.3 Å². The van der Waals surface area contributed by atoms with Gasteiger partial charge in [-0.3, -0.25) is 0 Å². The van der Waals surface area contributed by atoms with E-state index in [4.69, 9.17) is 6.15 Å². The van der Waals surface area contributed by atoms with Gasteiger partial charge in [0.2, 0.25) is 0 Å².